The Morgan fingerprint density at radius 2 is 1.52 bits per heavy atom. The monoisotopic (exact) mass is 431 g/mol. The van der Waals surface area contributed by atoms with Gasteiger partial charge in [0.15, 0.2) is 6.10 Å². The minimum absolute atomic E-state index is 0.0546. The van der Waals surface area contributed by atoms with Gasteiger partial charge in [0.1, 0.15) is 0 Å². The summed E-state index contributed by atoms with van der Waals surface area (Å²) in [5.74, 6) is -1.27. The maximum atomic E-state index is 12.9. The van der Waals surface area contributed by atoms with E-state index in [1.54, 1.807) is 58.0 Å². The second-order valence-corrected chi connectivity index (χ2v) is 7.26. The summed E-state index contributed by atoms with van der Waals surface area (Å²) in [5.41, 5.74) is 0.620. The van der Waals surface area contributed by atoms with Crippen LogP contribution in [0.15, 0.2) is 30.3 Å². The summed E-state index contributed by atoms with van der Waals surface area (Å²) in [7, 11) is -4.04. The zero-order valence-electron chi connectivity index (χ0n) is 17.3. The predicted octanol–water partition coefficient (Wildman–Crippen LogP) is 3.01. The van der Waals surface area contributed by atoms with Crippen LogP contribution < -0.4 is 5.32 Å². The molecule has 0 heterocycles. The molecule has 1 N–H and O–H groups in total. The Hall–Kier alpha value is -1.77. The molecule has 1 aromatic rings. The fraction of sp³-hybridized carbons (Fsp3) is 0.579. The minimum Gasteiger partial charge on any atom is -0.465 e. The molecular formula is C19H30NO8P. The first kappa shape index (κ1) is 25.3. The van der Waals surface area contributed by atoms with Crippen molar-refractivity contribution in [2.75, 3.05) is 33.0 Å². The summed E-state index contributed by atoms with van der Waals surface area (Å²) >= 11 is 0. The van der Waals surface area contributed by atoms with E-state index in [9.17, 15) is 14.2 Å². The van der Waals surface area contributed by atoms with E-state index in [-0.39, 0.29) is 33.0 Å². The van der Waals surface area contributed by atoms with Gasteiger partial charge in [0, 0.05) is 0 Å². The van der Waals surface area contributed by atoms with Crippen LogP contribution in [0.5, 0.6) is 0 Å². The van der Waals surface area contributed by atoms with Crippen LogP contribution in [0, 0.1) is 0 Å². The number of phosphoric ester groups is 1. The fourth-order valence-electron chi connectivity index (χ4n) is 2.48. The Morgan fingerprint density at radius 3 is 2.03 bits per heavy atom. The fourth-order valence-corrected chi connectivity index (χ4v) is 3.80. The molecule has 1 aromatic carbocycles. The van der Waals surface area contributed by atoms with Gasteiger partial charge in [-0.25, -0.2) is 9.36 Å². The van der Waals surface area contributed by atoms with Gasteiger partial charge in [-0.1, -0.05) is 30.3 Å². The smallest absolute Gasteiger partial charge is 0.465 e. The molecule has 0 aliphatic carbocycles. The quantitative estimate of drug-likeness (QED) is 0.351. The van der Waals surface area contributed by atoms with Gasteiger partial charge in [-0.3, -0.25) is 23.7 Å². The van der Waals surface area contributed by atoms with Gasteiger partial charge < -0.3 is 9.47 Å². The molecule has 0 aliphatic rings. The molecule has 0 bridgehead atoms. The summed E-state index contributed by atoms with van der Waals surface area (Å²) < 4.78 is 38.8. The van der Waals surface area contributed by atoms with Crippen molar-refractivity contribution in [1.29, 1.82) is 0 Å². The highest BCUT2D eigenvalue weighted by atomic mass is 31.2. The van der Waals surface area contributed by atoms with Crippen LogP contribution in [0.2, 0.25) is 0 Å². The van der Waals surface area contributed by atoms with Crippen molar-refractivity contribution in [2.24, 2.45) is 0 Å². The molecule has 0 radical (unpaired) electrons. The SMILES string of the molecule is CCOC(=O)CN[C@H](c1ccccc1)[C@@H](OP(=O)(OCC)OCC)C(=O)OCC. The standard InChI is InChI=1S/C19H30NO8P/c1-5-24-16(21)14-20-17(15-12-10-9-11-13-15)18(19(22)25-6-2)28-29(23,26-7-3)27-8-4/h9-13,17-18,20H,5-8,14H2,1-4H3/t17-,18-/m1/s1. The Bertz CT molecular complexity index is 659. The highest BCUT2D eigenvalue weighted by Crippen LogP contribution is 2.51. The van der Waals surface area contributed by atoms with E-state index in [1.165, 1.54) is 0 Å². The van der Waals surface area contributed by atoms with Crippen molar-refractivity contribution in [3.05, 3.63) is 35.9 Å². The van der Waals surface area contributed by atoms with Crippen molar-refractivity contribution in [3.8, 4) is 0 Å². The number of carbonyl (C=O) groups is 2. The van der Waals surface area contributed by atoms with Crippen molar-refractivity contribution in [1.82, 2.24) is 5.32 Å². The summed E-state index contributed by atoms with van der Waals surface area (Å²) in [5, 5.41) is 2.93. The number of phosphoric acid groups is 1. The van der Waals surface area contributed by atoms with E-state index >= 15 is 0 Å². The van der Waals surface area contributed by atoms with E-state index in [1.807, 2.05) is 0 Å². The van der Waals surface area contributed by atoms with E-state index in [2.05, 4.69) is 5.32 Å². The Kier molecular flexibility index (Phi) is 11.7. The topological polar surface area (TPSA) is 109 Å². The lowest BCUT2D eigenvalue weighted by molar-refractivity contribution is -0.155. The number of esters is 2. The molecule has 0 fully saturated rings. The lowest BCUT2D eigenvalue weighted by Gasteiger charge is -2.29. The van der Waals surface area contributed by atoms with E-state index < -0.39 is 31.9 Å². The minimum atomic E-state index is -4.04. The highest BCUT2D eigenvalue weighted by molar-refractivity contribution is 7.48. The Labute approximate surface area is 171 Å². The van der Waals surface area contributed by atoms with Crippen LogP contribution in [-0.2, 0) is 37.2 Å². The van der Waals surface area contributed by atoms with Crippen molar-refractivity contribution < 1.29 is 37.2 Å². The zero-order valence-corrected chi connectivity index (χ0v) is 18.2. The van der Waals surface area contributed by atoms with Gasteiger partial charge >= 0.3 is 19.8 Å². The summed E-state index contributed by atoms with van der Waals surface area (Å²) in [6.07, 6.45) is -1.39. The number of hydrogen-bond donors (Lipinski definition) is 1. The van der Waals surface area contributed by atoms with Gasteiger partial charge in [0.2, 0.25) is 0 Å². The molecule has 0 saturated carbocycles. The lowest BCUT2D eigenvalue weighted by atomic mass is 10.0. The number of benzene rings is 1. The molecule has 0 amide bonds. The number of nitrogens with one attached hydrogen (secondary N) is 1. The highest BCUT2D eigenvalue weighted by Gasteiger charge is 2.40. The number of carbonyl (C=O) groups excluding carboxylic acids is 2. The van der Waals surface area contributed by atoms with Crippen molar-refractivity contribution >= 4 is 19.8 Å². The number of hydrogen-bond acceptors (Lipinski definition) is 9. The largest absolute Gasteiger partial charge is 0.475 e. The number of rotatable bonds is 14. The third-order valence-electron chi connectivity index (χ3n) is 3.57. The number of ether oxygens (including phenoxy) is 2. The van der Waals surface area contributed by atoms with Crippen LogP contribution in [0.3, 0.4) is 0 Å². The lowest BCUT2D eigenvalue weighted by Crippen LogP contribution is -2.42. The zero-order chi connectivity index (χ0) is 21.7. The molecule has 0 aliphatic heterocycles. The van der Waals surface area contributed by atoms with E-state index in [0.29, 0.717) is 5.56 Å². The molecule has 9 nitrogen and oxygen atoms in total. The average molecular weight is 431 g/mol. The molecule has 29 heavy (non-hydrogen) atoms. The van der Waals surface area contributed by atoms with Gasteiger partial charge in [0.25, 0.3) is 0 Å². The summed E-state index contributed by atoms with van der Waals surface area (Å²) in [4.78, 5) is 24.5. The Morgan fingerprint density at radius 1 is 0.931 bits per heavy atom. The van der Waals surface area contributed by atoms with E-state index in [4.69, 9.17) is 23.0 Å². The van der Waals surface area contributed by atoms with Gasteiger partial charge in [-0.05, 0) is 33.3 Å². The Balaban J connectivity index is 3.25. The molecule has 10 heteroatoms. The van der Waals surface area contributed by atoms with Crippen LogP contribution >= 0.6 is 7.82 Å². The van der Waals surface area contributed by atoms with Crippen LogP contribution in [0.4, 0.5) is 0 Å². The first-order chi connectivity index (χ1) is 13.9. The second-order valence-electron chi connectivity index (χ2n) is 5.64. The maximum Gasteiger partial charge on any atom is 0.475 e. The van der Waals surface area contributed by atoms with Gasteiger partial charge in [-0.2, -0.15) is 0 Å². The van der Waals surface area contributed by atoms with E-state index in [0.717, 1.165) is 0 Å². The summed E-state index contributed by atoms with van der Waals surface area (Å²) in [6.45, 7) is 6.81. The summed E-state index contributed by atoms with van der Waals surface area (Å²) in [6, 6.07) is 7.95. The van der Waals surface area contributed by atoms with Crippen molar-refractivity contribution in [3.63, 3.8) is 0 Å². The average Bonchev–Trinajstić information content (AvgIpc) is 2.69. The van der Waals surface area contributed by atoms with Crippen LogP contribution in [0.25, 0.3) is 0 Å². The normalized spacial score (nSPS) is 13.5. The molecular weight excluding hydrogens is 401 g/mol. The molecule has 1 rings (SSSR count). The first-order valence-corrected chi connectivity index (χ1v) is 11.0. The van der Waals surface area contributed by atoms with Gasteiger partial charge in [-0.15, -0.1) is 0 Å². The second kappa shape index (κ2) is 13.5. The van der Waals surface area contributed by atoms with Gasteiger partial charge in [0.05, 0.1) is 39.0 Å². The van der Waals surface area contributed by atoms with Crippen molar-refractivity contribution in [2.45, 2.75) is 39.8 Å². The molecule has 164 valence electrons. The van der Waals surface area contributed by atoms with Crippen LogP contribution in [-0.4, -0.2) is 51.0 Å². The molecule has 0 saturated heterocycles. The third-order valence-corrected chi connectivity index (χ3v) is 5.20. The predicted molar refractivity (Wildman–Crippen MR) is 106 cm³/mol. The maximum absolute atomic E-state index is 12.9. The molecule has 0 spiro atoms. The first-order valence-electron chi connectivity index (χ1n) is 9.58. The third kappa shape index (κ3) is 8.64. The van der Waals surface area contributed by atoms with Crippen LogP contribution in [0.1, 0.15) is 39.3 Å². The molecule has 0 aromatic heterocycles. The molecule has 2 atom stereocenters. The molecule has 0 unspecified atom stereocenters.